The van der Waals surface area contributed by atoms with Crippen LogP contribution in [-0.2, 0) is 9.63 Å². The molecule has 1 aliphatic rings. The summed E-state index contributed by atoms with van der Waals surface area (Å²) in [6, 6.07) is 0. The van der Waals surface area contributed by atoms with E-state index in [1.807, 2.05) is 0 Å². The van der Waals surface area contributed by atoms with E-state index in [1.165, 1.54) is 11.3 Å². The summed E-state index contributed by atoms with van der Waals surface area (Å²) in [4.78, 5) is 15.5. The summed E-state index contributed by atoms with van der Waals surface area (Å²) in [6.45, 7) is 3.98. The van der Waals surface area contributed by atoms with E-state index in [-0.39, 0.29) is 12.3 Å². The van der Waals surface area contributed by atoms with Crippen molar-refractivity contribution in [2.75, 3.05) is 6.54 Å². The minimum atomic E-state index is -0.0833. The molecule has 0 bridgehead atoms. The molecular formula is C6H8NO2. The van der Waals surface area contributed by atoms with Crippen LogP contribution in [0.1, 0.15) is 6.42 Å². The fraction of sp³-hybridized carbons (Fsp3) is 0.333. The summed E-state index contributed by atoms with van der Waals surface area (Å²) in [5.41, 5.74) is 0. The maximum Gasteiger partial charge on any atom is 0.255 e. The van der Waals surface area contributed by atoms with Crippen molar-refractivity contribution in [3.05, 3.63) is 19.3 Å². The largest absolute Gasteiger partial charge is 0.385 e. The Bertz CT molecular complexity index is 134. The average molecular weight is 126 g/mol. The molecule has 9 heavy (non-hydrogen) atoms. The zero-order valence-electron chi connectivity index (χ0n) is 5.04. The summed E-state index contributed by atoms with van der Waals surface area (Å²) >= 11 is 0. The van der Waals surface area contributed by atoms with Gasteiger partial charge in [-0.05, 0) is 13.0 Å². The first-order valence-electron chi connectivity index (χ1n) is 2.76. The van der Waals surface area contributed by atoms with Crippen LogP contribution in [0.25, 0.3) is 0 Å². The van der Waals surface area contributed by atoms with E-state index in [1.54, 1.807) is 6.08 Å². The molecule has 0 fully saturated rings. The first kappa shape index (κ1) is 6.13. The molecule has 0 unspecified atom stereocenters. The smallest absolute Gasteiger partial charge is 0.255 e. The maximum absolute atomic E-state index is 10.7. The number of carbonyl (C=O) groups is 1. The summed E-state index contributed by atoms with van der Waals surface area (Å²) in [6.07, 6.45) is 3.52. The quantitative estimate of drug-likeness (QED) is 0.512. The number of rotatable bonds is 1. The number of nitrogens with zero attached hydrogens (tertiary/aromatic N) is 1. The second-order valence-electron chi connectivity index (χ2n) is 1.68. The van der Waals surface area contributed by atoms with Gasteiger partial charge in [0, 0.05) is 6.42 Å². The van der Waals surface area contributed by atoms with E-state index in [4.69, 9.17) is 4.84 Å². The van der Waals surface area contributed by atoms with Crippen molar-refractivity contribution in [2.24, 2.45) is 0 Å². The van der Waals surface area contributed by atoms with E-state index in [2.05, 4.69) is 6.92 Å². The highest BCUT2D eigenvalue weighted by atomic mass is 16.7. The highest BCUT2D eigenvalue weighted by Crippen LogP contribution is 2.02. The molecule has 0 spiro atoms. The van der Waals surface area contributed by atoms with Crippen molar-refractivity contribution in [3.63, 3.8) is 0 Å². The van der Waals surface area contributed by atoms with Gasteiger partial charge in [-0.1, -0.05) is 0 Å². The first-order chi connectivity index (χ1) is 4.34. The number of amides is 1. The van der Waals surface area contributed by atoms with Gasteiger partial charge in [0.1, 0.15) is 6.26 Å². The van der Waals surface area contributed by atoms with Crippen molar-refractivity contribution in [1.29, 1.82) is 0 Å². The molecule has 3 heteroatoms. The predicted octanol–water partition coefficient (Wildman–Crippen LogP) is 0.498. The fourth-order valence-electron chi connectivity index (χ4n) is 0.584. The molecule has 0 N–H and O–H groups in total. The molecule has 49 valence electrons. The molecule has 0 aromatic rings. The topological polar surface area (TPSA) is 29.5 Å². The number of hydrogen-bond donors (Lipinski definition) is 0. The Kier molecular flexibility index (Phi) is 1.72. The van der Waals surface area contributed by atoms with Crippen LogP contribution in [0.2, 0.25) is 0 Å². The monoisotopic (exact) mass is 126 g/mol. The van der Waals surface area contributed by atoms with Crippen LogP contribution in [0.4, 0.5) is 0 Å². The van der Waals surface area contributed by atoms with Crippen molar-refractivity contribution in [2.45, 2.75) is 6.42 Å². The molecule has 1 heterocycles. The third-order valence-corrected chi connectivity index (χ3v) is 1.05. The van der Waals surface area contributed by atoms with Gasteiger partial charge in [0.2, 0.25) is 0 Å². The molecule has 0 aromatic heterocycles. The maximum atomic E-state index is 10.7. The summed E-state index contributed by atoms with van der Waals surface area (Å²) < 4.78 is 0. The zero-order chi connectivity index (χ0) is 6.69. The van der Waals surface area contributed by atoms with E-state index in [0.717, 1.165) is 0 Å². The lowest BCUT2D eigenvalue weighted by molar-refractivity contribution is -0.159. The molecule has 1 radical (unpaired) electrons. The van der Waals surface area contributed by atoms with Crippen LogP contribution >= 0.6 is 0 Å². The van der Waals surface area contributed by atoms with E-state index < -0.39 is 0 Å². The second-order valence-corrected chi connectivity index (χ2v) is 1.68. The Morgan fingerprint density at radius 1 is 1.89 bits per heavy atom. The molecule has 0 aliphatic carbocycles. The van der Waals surface area contributed by atoms with Gasteiger partial charge in [0.25, 0.3) is 5.91 Å². The van der Waals surface area contributed by atoms with Crippen LogP contribution in [0.3, 0.4) is 0 Å². The van der Waals surface area contributed by atoms with Gasteiger partial charge in [0.05, 0.1) is 6.54 Å². The van der Waals surface area contributed by atoms with Gasteiger partial charge < -0.3 is 4.84 Å². The highest BCUT2D eigenvalue weighted by Gasteiger charge is 2.12. The van der Waals surface area contributed by atoms with Crippen LogP contribution < -0.4 is 0 Å². The normalized spacial score (nSPS) is 15.9. The lowest BCUT2D eigenvalue weighted by Crippen LogP contribution is -2.25. The van der Waals surface area contributed by atoms with Crippen molar-refractivity contribution in [3.8, 4) is 0 Å². The average Bonchev–Trinajstić information content (AvgIpc) is 2.37. The molecule has 0 saturated heterocycles. The Morgan fingerprint density at radius 2 is 2.67 bits per heavy atom. The molecule has 1 rings (SSSR count). The van der Waals surface area contributed by atoms with Gasteiger partial charge in [-0.15, -0.1) is 0 Å². The lowest BCUT2D eigenvalue weighted by atomic mass is 10.4. The predicted molar refractivity (Wildman–Crippen MR) is 31.9 cm³/mol. The van der Waals surface area contributed by atoms with Crippen LogP contribution in [0.15, 0.2) is 12.3 Å². The summed E-state index contributed by atoms with van der Waals surface area (Å²) in [7, 11) is 0. The molecule has 1 aliphatic heterocycles. The highest BCUT2D eigenvalue weighted by molar-refractivity contribution is 5.75. The summed E-state index contributed by atoms with van der Waals surface area (Å²) in [5, 5.41) is 1.27. The van der Waals surface area contributed by atoms with Gasteiger partial charge in [-0.25, -0.2) is 0 Å². The van der Waals surface area contributed by atoms with Gasteiger partial charge in [0.15, 0.2) is 0 Å². The SMILES string of the molecule is [CH2]CC(=O)N1CC=CO1. The zero-order valence-corrected chi connectivity index (χ0v) is 5.04. The van der Waals surface area contributed by atoms with E-state index >= 15 is 0 Å². The fourth-order valence-corrected chi connectivity index (χ4v) is 0.584. The molecule has 0 atom stereocenters. The number of hydroxylamine groups is 2. The molecular weight excluding hydrogens is 118 g/mol. The first-order valence-corrected chi connectivity index (χ1v) is 2.76. The van der Waals surface area contributed by atoms with Crippen molar-refractivity contribution >= 4 is 5.91 Å². The minimum Gasteiger partial charge on any atom is -0.385 e. The van der Waals surface area contributed by atoms with Gasteiger partial charge in [-0.2, -0.15) is 5.06 Å². The molecule has 0 saturated carbocycles. The summed E-state index contributed by atoms with van der Waals surface area (Å²) in [5.74, 6) is -0.0833. The van der Waals surface area contributed by atoms with E-state index in [9.17, 15) is 4.79 Å². The second kappa shape index (κ2) is 2.53. The Labute approximate surface area is 53.9 Å². The van der Waals surface area contributed by atoms with Crippen molar-refractivity contribution in [1.82, 2.24) is 5.06 Å². The molecule has 0 aromatic carbocycles. The minimum absolute atomic E-state index is 0.0833. The van der Waals surface area contributed by atoms with Crippen LogP contribution in [0.5, 0.6) is 0 Å². The van der Waals surface area contributed by atoms with Crippen LogP contribution in [0, 0.1) is 6.92 Å². The third kappa shape index (κ3) is 1.22. The third-order valence-electron chi connectivity index (χ3n) is 1.05. The van der Waals surface area contributed by atoms with Gasteiger partial charge in [-0.3, -0.25) is 4.79 Å². The van der Waals surface area contributed by atoms with Crippen molar-refractivity contribution < 1.29 is 9.63 Å². The van der Waals surface area contributed by atoms with Gasteiger partial charge >= 0.3 is 0 Å². The Morgan fingerprint density at radius 3 is 3.11 bits per heavy atom. The molecule has 3 nitrogen and oxygen atoms in total. The Hall–Kier alpha value is -0.990. The Balaban J connectivity index is 2.36. The standard InChI is InChI=1S/C6H8NO2/c1-2-6(8)7-4-3-5-9-7/h3,5H,1-2,4H2. The molecule has 1 amide bonds. The van der Waals surface area contributed by atoms with Crippen LogP contribution in [-0.4, -0.2) is 17.5 Å². The number of carbonyl (C=O) groups excluding carboxylic acids is 1. The van der Waals surface area contributed by atoms with E-state index in [0.29, 0.717) is 6.54 Å². The number of hydrogen-bond acceptors (Lipinski definition) is 2. The lowest BCUT2D eigenvalue weighted by Gasteiger charge is -2.11.